The molecule has 2 aromatic rings. The highest BCUT2D eigenvalue weighted by atomic mass is 35.5. The maximum Gasteiger partial charge on any atom is 0.175 e. The van der Waals surface area contributed by atoms with Crippen LogP contribution in [0.2, 0.25) is 5.15 Å². The van der Waals surface area contributed by atoms with Gasteiger partial charge >= 0.3 is 0 Å². The third kappa shape index (κ3) is 4.71. The molecule has 1 aromatic carbocycles. The topological polar surface area (TPSA) is 71.1 Å². The van der Waals surface area contributed by atoms with Crippen LogP contribution in [0.4, 0.5) is 5.69 Å². The van der Waals surface area contributed by atoms with Gasteiger partial charge in [0.15, 0.2) is 9.84 Å². The van der Waals surface area contributed by atoms with Gasteiger partial charge in [-0.15, -0.1) is 0 Å². The number of nitrogens with zero attached hydrogens (tertiary/aromatic N) is 1. The third-order valence-corrected chi connectivity index (χ3v) is 5.84. The van der Waals surface area contributed by atoms with E-state index in [0.717, 1.165) is 49.3 Å². The average molecular weight is 380 g/mol. The molecule has 0 atom stereocenters. The lowest BCUT2D eigenvalue weighted by Crippen LogP contribution is -2.31. The molecule has 0 bridgehead atoms. The highest BCUT2D eigenvalue weighted by Crippen LogP contribution is 2.30. The predicted molar refractivity (Wildman–Crippen MR) is 102 cm³/mol. The number of halogens is 1. The van der Waals surface area contributed by atoms with Crippen molar-refractivity contribution in [1.29, 1.82) is 0 Å². The monoisotopic (exact) mass is 379 g/mol. The highest BCUT2D eigenvalue weighted by molar-refractivity contribution is 7.90. The zero-order chi connectivity index (χ0) is 17.9. The fraction of sp³-hybridized carbons (Fsp3) is 0.389. The molecular weight excluding hydrogens is 358 g/mol. The SMILES string of the molecule is CS(=O)(=O)c1ccc(-c2cnc(Cl)cc2NCC2CCNCC2)cc1. The van der Waals surface area contributed by atoms with Gasteiger partial charge in [0.1, 0.15) is 5.15 Å². The first-order valence-corrected chi connectivity index (χ1v) is 10.6. The minimum absolute atomic E-state index is 0.308. The van der Waals surface area contributed by atoms with E-state index in [4.69, 9.17) is 11.6 Å². The van der Waals surface area contributed by atoms with Gasteiger partial charge in [-0.25, -0.2) is 13.4 Å². The fourth-order valence-corrected chi connectivity index (χ4v) is 3.82. The van der Waals surface area contributed by atoms with E-state index in [2.05, 4.69) is 15.6 Å². The van der Waals surface area contributed by atoms with Crippen LogP contribution in [0.3, 0.4) is 0 Å². The van der Waals surface area contributed by atoms with Gasteiger partial charge in [0, 0.05) is 30.2 Å². The Morgan fingerprint density at radius 1 is 1.24 bits per heavy atom. The molecule has 5 nitrogen and oxygen atoms in total. The summed E-state index contributed by atoms with van der Waals surface area (Å²) < 4.78 is 23.2. The zero-order valence-electron chi connectivity index (χ0n) is 14.1. The second-order valence-corrected chi connectivity index (χ2v) is 8.83. The van der Waals surface area contributed by atoms with Crippen molar-refractivity contribution in [2.45, 2.75) is 17.7 Å². The predicted octanol–water partition coefficient (Wildman–Crippen LogP) is 3.22. The van der Waals surface area contributed by atoms with Crippen molar-refractivity contribution in [3.8, 4) is 11.1 Å². The van der Waals surface area contributed by atoms with Crippen LogP contribution in [-0.4, -0.2) is 39.3 Å². The number of hydrogen-bond acceptors (Lipinski definition) is 5. The minimum Gasteiger partial charge on any atom is -0.384 e. The summed E-state index contributed by atoms with van der Waals surface area (Å²) in [5.74, 6) is 0.633. The maximum absolute atomic E-state index is 11.6. The van der Waals surface area contributed by atoms with Crippen LogP contribution >= 0.6 is 11.6 Å². The second-order valence-electron chi connectivity index (χ2n) is 6.42. The molecule has 0 aliphatic carbocycles. The lowest BCUT2D eigenvalue weighted by atomic mass is 9.98. The van der Waals surface area contributed by atoms with Crippen LogP contribution in [0.15, 0.2) is 41.4 Å². The molecule has 0 amide bonds. The number of pyridine rings is 1. The number of aromatic nitrogens is 1. The summed E-state index contributed by atoms with van der Waals surface area (Å²) in [6, 6.07) is 8.67. The molecule has 1 fully saturated rings. The van der Waals surface area contributed by atoms with Gasteiger partial charge in [0.2, 0.25) is 0 Å². The van der Waals surface area contributed by atoms with Crippen molar-refractivity contribution in [2.75, 3.05) is 31.2 Å². The summed E-state index contributed by atoms with van der Waals surface area (Å²) in [5, 5.41) is 7.30. The van der Waals surface area contributed by atoms with Crippen molar-refractivity contribution in [1.82, 2.24) is 10.3 Å². The quantitative estimate of drug-likeness (QED) is 0.780. The first-order valence-electron chi connectivity index (χ1n) is 8.34. The van der Waals surface area contributed by atoms with Gasteiger partial charge in [-0.05, 0) is 55.6 Å². The smallest absolute Gasteiger partial charge is 0.175 e. The molecule has 2 heterocycles. The second kappa shape index (κ2) is 7.72. The first kappa shape index (κ1) is 18.2. The summed E-state index contributed by atoms with van der Waals surface area (Å²) in [7, 11) is -3.20. The summed E-state index contributed by atoms with van der Waals surface area (Å²) in [6.45, 7) is 3.00. The van der Waals surface area contributed by atoms with Crippen LogP contribution in [0.1, 0.15) is 12.8 Å². The van der Waals surface area contributed by atoms with Crippen molar-refractivity contribution >= 4 is 27.1 Å². The van der Waals surface area contributed by atoms with Gasteiger partial charge in [-0.2, -0.15) is 0 Å². The minimum atomic E-state index is -3.20. The van der Waals surface area contributed by atoms with E-state index >= 15 is 0 Å². The summed E-state index contributed by atoms with van der Waals surface area (Å²) in [4.78, 5) is 4.49. The Kier molecular flexibility index (Phi) is 5.61. The molecule has 7 heteroatoms. The van der Waals surface area contributed by atoms with Crippen molar-refractivity contribution in [3.05, 3.63) is 41.7 Å². The van der Waals surface area contributed by atoms with Gasteiger partial charge in [-0.3, -0.25) is 0 Å². The number of benzene rings is 1. The summed E-state index contributed by atoms with van der Waals surface area (Å²) in [5.41, 5.74) is 2.74. The van der Waals surface area contributed by atoms with Crippen molar-refractivity contribution in [3.63, 3.8) is 0 Å². The van der Waals surface area contributed by atoms with E-state index in [1.54, 1.807) is 30.5 Å². The Balaban J connectivity index is 1.83. The molecule has 25 heavy (non-hydrogen) atoms. The Morgan fingerprint density at radius 2 is 1.92 bits per heavy atom. The van der Waals surface area contributed by atoms with Gasteiger partial charge < -0.3 is 10.6 Å². The first-order chi connectivity index (χ1) is 11.9. The Bertz CT molecular complexity index is 832. The molecule has 2 N–H and O–H groups in total. The van der Waals surface area contributed by atoms with Gasteiger partial charge in [0.05, 0.1) is 4.90 Å². The molecule has 1 aliphatic rings. The van der Waals surface area contributed by atoms with E-state index in [-0.39, 0.29) is 0 Å². The largest absolute Gasteiger partial charge is 0.384 e. The molecule has 0 unspecified atom stereocenters. The van der Waals surface area contributed by atoms with Crippen molar-refractivity contribution < 1.29 is 8.42 Å². The normalized spacial score (nSPS) is 15.9. The summed E-state index contributed by atoms with van der Waals surface area (Å²) >= 11 is 6.07. The Hall–Kier alpha value is -1.63. The van der Waals surface area contributed by atoms with E-state index in [9.17, 15) is 8.42 Å². The maximum atomic E-state index is 11.6. The average Bonchev–Trinajstić information content (AvgIpc) is 2.60. The summed E-state index contributed by atoms with van der Waals surface area (Å²) in [6.07, 6.45) is 5.24. The Labute approximate surface area is 153 Å². The number of piperidine rings is 1. The fourth-order valence-electron chi connectivity index (χ4n) is 3.03. The number of nitrogens with one attached hydrogen (secondary N) is 2. The zero-order valence-corrected chi connectivity index (χ0v) is 15.7. The Morgan fingerprint density at radius 3 is 2.56 bits per heavy atom. The molecule has 0 radical (unpaired) electrons. The van der Waals surface area contributed by atoms with E-state index in [0.29, 0.717) is 16.0 Å². The lowest BCUT2D eigenvalue weighted by Gasteiger charge is -2.24. The standard InChI is InChI=1S/C18H22ClN3O2S/c1-25(23,24)15-4-2-14(3-5-15)16-12-22-18(19)10-17(16)21-11-13-6-8-20-9-7-13/h2-5,10,12-13,20H,6-9,11H2,1H3,(H,21,22). The molecule has 134 valence electrons. The number of hydrogen-bond donors (Lipinski definition) is 2. The van der Waals surface area contributed by atoms with E-state index < -0.39 is 9.84 Å². The van der Waals surface area contributed by atoms with Crippen LogP contribution in [-0.2, 0) is 9.84 Å². The van der Waals surface area contributed by atoms with Crippen molar-refractivity contribution in [2.24, 2.45) is 5.92 Å². The van der Waals surface area contributed by atoms with Gasteiger partial charge in [-0.1, -0.05) is 23.7 Å². The van der Waals surface area contributed by atoms with Gasteiger partial charge in [0.25, 0.3) is 0 Å². The highest BCUT2D eigenvalue weighted by Gasteiger charge is 2.15. The van der Waals surface area contributed by atoms with Crippen LogP contribution in [0, 0.1) is 5.92 Å². The van der Waals surface area contributed by atoms with Crippen LogP contribution < -0.4 is 10.6 Å². The number of rotatable bonds is 5. The third-order valence-electron chi connectivity index (χ3n) is 4.50. The molecule has 3 rings (SSSR count). The lowest BCUT2D eigenvalue weighted by molar-refractivity contribution is 0.390. The molecule has 0 saturated carbocycles. The molecule has 0 spiro atoms. The number of sulfone groups is 1. The molecular formula is C18H22ClN3O2S. The molecule has 1 saturated heterocycles. The molecule has 1 aromatic heterocycles. The number of anilines is 1. The van der Waals surface area contributed by atoms with Crippen LogP contribution in [0.25, 0.3) is 11.1 Å². The molecule has 1 aliphatic heterocycles. The van der Waals surface area contributed by atoms with E-state index in [1.165, 1.54) is 6.26 Å². The van der Waals surface area contributed by atoms with Crippen LogP contribution in [0.5, 0.6) is 0 Å². The van der Waals surface area contributed by atoms with E-state index in [1.807, 2.05) is 6.07 Å².